The normalized spacial score (nSPS) is 26.0. The lowest BCUT2D eigenvalue weighted by Crippen LogP contribution is -2.44. The minimum atomic E-state index is -0.235. The highest BCUT2D eigenvalue weighted by molar-refractivity contribution is 5.79. The van der Waals surface area contributed by atoms with Crippen molar-refractivity contribution in [3.8, 4) is 0 Å². The lowest BCUT2D eigenvalue weighted by molar-refractivity contribution is -0.0553. The Balaban J connectivity index is 1.56. The molecule has 138 valence electrons. The van der Waals surface area contributed by atoms with Crippen LogP contribution in [-0.4, -0.2) is 55.9 Å². The Bertz CT molecular complexity index is 568. The fraction of sp³-hybridized carbons (Fsp3) is 0.650. The number of hydrogen-bond donors (Lipinski definition) is 2. The third kappa shape index (κ3) is 4.33. The van der Waals surface area contributed by atoms with E-state index in [-0.39, 0.29) is 11.5 Å². The molecule has 0 amide bonds. The molecule has 1 saturated heterocycles. The van der Waals surface area contributed by atoms with Crippen LogP contribution >= 0.6 is 0 Å². The highest BCUT2D eigenvalue weighted by atomic mass is 16.5. The first-order chi connectivity index (χ1) is 12.1. The maximum absolute atomic E-state index is 10.9. The molecule has 1 saturated carbocycles. The van der Waals surface area contributed by atoms with Crippen LogP contribution < -0.4 is 5.32 Å². The van der Waals surface area contributed by atoms with Gasteiger partial charge in [-0.2, -0.15) is 0 Å². The zero-order chi connectivity index (χ0) is 17.7. The minimum absolute atomic E-state index is 0.0874. The minimum Gasteiger partial charge on any atom is -0.392 e. The number of rotatable bonds is 4. The SMILES string of the molecule is CN(C)C(=NCc1ccccc1)NCC1CCC2(CCOCC2)C1O. The van der Waals surface area contributed by atoms with Crippen molar-refractivity contribution in [3.05, 3.63) is 35.9 Å². The van der Waals surface area contributed by atoms with E-state index in [1.54, 1.807) is 0 Å². The maximum Gasteiger partial charge on any atom is 0.193 e. The molecule has 2 aliphatic rings. The molecule has 1 spiro atoms. The molecule has 1 aromatic rings. The van der Waals surface area contributed by atoms with Crippen molar-refractivity contribution in [2.24, 2.45) is 16.3 Å². The van der Waals surface area contributed by atoms with Crippen molar-refractivity contribution in [2.75, 3.05) is 33.9 Å². The van der Waals surface area contributed by atoms with Gasteiger partial charge in [0.05, 0.1) is 12.6 Å². The van der Waals surface area contributed by atoms with Crippen LogP contribution in [0.5, 0.6) is 0 Å². The molecule has 5 heteroatoms. The van der Waals surface area contributed by atoms with E-state index in [1.165, 1.54) is 5.56 Å². The standard InChI is InChI=1S/C20H31N3O2/c1-23(2)19(21-14-16-6-4-3-5-7-16)22-15-17-8-9-20(18(17)24)10-12-25-13-11-20/h3-7,17-18,24H,8-15H2,1-2H3,(H,21,22). The number of ether oxygens (including phenoxy) is 1. The molecule has 0 aromatic heterocycles. The van der Waals surface area contributed by atoms with E-state index in [0.29, 0.717) is 12.5 Å². The Hall–Kier alpha value is -1.59. The van der Waals surface area contributed by atoms with Gasteiger partial charge in [-0.3, -0.25) is 0 Å². The average Bonchev–Trinajstić information content (AvgIpc) is 2.92. The number of aliphatic imine (C=N–C) groups is 1. The Morgan fingerprint density at radius 2 is 1.96 bits per heavy atom. The fourth-order valence-electron chi connectivity index (χ4n) is 4.14. The van der Waals surface area contributed by atoms with E-state index in [2.05, 4.69) is 17.4 Å². The van der Waals surface area contributed by atoms with Gasteiger partial charge in [-0.1, -0.05) is 30.3 Å². The number of nitrogens with one attached hydrogen (secondary N) is 1. The number of hydrogen-bond acceptors (Lipinski definition) is 3. The van der Waals surface area contributed by atoms with Gasteiger partial charge in [0.25, 0.3) is 0 Å². The first-order valence-electron chi connectivity index (χ1n) is 9.36. The van der Waals surface area contributed by atoms with Crippen molar-refractivity contribution in [1.82, 2.24) is 10.2 Å². The summed E-state index contributed by atoms with van der Waals surface area (Å²) in [6.45, 7) is 3.02. The molecule has 0 radical (unpaired) electrons. The van der Waals surface area contributed by atoms with Gasteiger partial charge in [0, 0.05) is 45.2 Å². The van der Waals surface area contributed by atoms with Gasteiger partial charge < -0.3 is 20.1 Å². The van der Waals surface area contributed by atoms with E-state index >= 15 is 0 Å². The topological polar surface area (TPSA) is 57.1 Å². The van der Waals surface area contributed by atoms with Crippen LogP contribution in [0.25, 0.3) is 0 Å². The third-order valence-electron chi connectivity index (χ3n) is 5.78. The van der Waals surface area contributed by atoms with Crippen molar-refractivity contribution in [2.45, 2.75) is 38.3 Å². The summed E-state index contributed by atoms with van der Waals surface area (Å²) in [5, 5.41) is 14.3. The van der Waals surface area contributed by atoms with Gasteiger partial charge in [0.2, 0.25) is 0 Å². The summed E-state index contributed by atoms with van der Waals surface area (Å²) < 4.78 is 5.49. The highest BCUT2D eigenvalue weighted by Crippen LogP contribution is 2.48. The molecule has 2 N–H and O–H groups in total. The van der Waals surface area contributed by atoms with Gasteiger partial charge in [0.15, 0.2) is 5.96 Å². The van der Waals surface area contributed by atoms with Gasteiger partial charge >= 0.3 is 0 Å². The lowest BCUT2D eigenvalue weighted by atomic mass is 9.76. The molecule has 2 unspecified atom stereocenters. The third-order valence-corrected chi connectivity index (χ3v) is 5.78. The summed E-state index contributed by atoms with van der Waals surface area (Å²) in [6.07, 6.45) is 3.94. The first kappa shape index (κ1) is 18.2. The van der Waals surface area contributed by atoms with Crippen LogP contribution in [0.15, 0.2) is 35.3 Å². The molecule has 2 fully saturated rings. The van der Waals surface area contributed by atoms with E-state index < -0.39 is 0 Å². The number of aliphatic hydroxyl groups excluding tert-OH is 1. The van der Waals surface area contributed by atoms with Crippen LogP contribution in [-0.2, 0) is 11.3 Å². The maximum atomic E-state index is 10.9. The Labute approximate surface area is 151 Å². The monoisotopic (exact) mass is 345 g/mol. The summed E-state index contributed by atoms with van der Waals surface area (Å²) in [6, 6.07) is 10.3. The number of aliphatic hydroxyl groups is 1. The smallest absolute Gasteiger partial charge is 0.193 e. The second kappa shape index (κ2) is 8.19. The molecule has 1 heterocycles. The summed E-state index contributed by atoms with van der Waals surface area (Å²) >= 11 is 0. The summed E-state index contributed by atoms with van der Waals surface area (Å²) in [7, 11) is 4.00. The first-order valence-corrected chi connectivity index (χ1v) is 9.36. The molecule has 1 aliphatic carbocycles. The zero-order valence-electron chi connectivity index (χ0n) is 15.4. The average molecular weight is 345 g/mol. The number of nitrogens with zero attached hydrogens (tertiary/aromatic N) is 2. The van der Waals surface area contributed by atoms with E-state index in [0.717, 1.165) is 51.4 Å². The van der Waals surface area contributed by atoms with Crippen LogP contribution in [0.2, 0.25) is 0 Å². The van der Waals surface area contributed by atoms with Gasteiger partial charge in [-0.15, -0.1) is 0 Å². The lowest BCUT2D eigenvalue weighted by Gasteiger charge is -2.37. The number of benzene rings is 1. The predicted octanol–water partition coefficient (Wildman–Crippen LogP) is 2.26. The number of guanidine groups is 1. The van der Waals surface area contributed by atoms with Crippen LogP contribution in [0.3, 0.4) is 0 Å². The largest absolute Gasteiger partial charge is 0.392 e. The fourth-order valence-corrected chi connectivity index (χ4v) is 4.14. The molecular formula is C20H31N3O2. The molecular weight excluding hydrogens is 314 g/mol. The second-order valence-corrected chi connectivity index (χ2v) is 7.62. The van der Waals surface area contributed by atoms with E-state index in [1.807, 2.05) is 37.2 Å². The summed E-state index contributed by atoms with van der Waals surface area (Å²) in [5.74, 6) is 1.17. The quantitative estimate of drug-likeness (QED) is 0.649. The van der Waals surface area contributed by atoms with Crippen LogP contribution in [0.4, 0.5) is 0 Å². The molecule has 1 aliphatic heterocycles. The summed E-state index contributed by atoms with van der Waals surface area (Å²) in [5.41, 5.74) is 1.29. The van der Waals surface area contributed by atoms with E-state index in [4.69, 9.17) is 9.73 Å². The molecule has 2 atom stereocenters. The van der Waals surface area contributed by atoms with Crippen molar-refractivity contribution in [1.29, 1.82) is 0 Å². The highest BCUT2D eigenvalue weighted by Gasteiger charge is 2.47. The predicted molar refractivity (Wildman–Crippen MR) is 100 cm³/mol. The Morgan fingerprint density at radius 1 is 1.24 bits per heavy atom. The Morgan fingerprint density at radius 3 is 2.64 bits per heavy atom. The van der Waals surface area contributed by atoms with Gasteiger partial charge in [-0.25, -0.2) is 4.99 Å². The van der Waals surface area contributed by atoms with Crippen LogP contribution in [0, 0.1) is 11.3 Å². The summed E-state index contributed by atoms with van der Waals surface area (Å²) in [4.78, 5) is 6.72. The molecule has 1 aromatic carbocycles. The Kier molecular flexibility index (Phi) is 5.97. The zero-order valence-corrected chi connectivity index (χ0v) is 15.4. The van der Waals surface area contributed by atoms with Gasteiger partial charge in [0.1, 0.15) is 0 Å². The molecule has 0 bridgehead atoms. The van der Waals surface area contributed by atoms with Gasteiger partial charge in [-0.05, 0) is 31.2 Å². The molecule has 25 heavy (non-hydrogen) atoms. The second-order valence-electron chi connectivity index (χ2n) is 7.62. The van der Waals surface area contributed by atoms with Crippen molar-refractivity contribution < 1.29 is 9.84 Å². The van der Waals surface area contributed by atoms with Crippen LogP contribution in [0.1, 0.15) is 31.2 Å². The molecule has 5 nitrogen and oxygen atoms in total. The van der Waals surface area contributed by atoms with Crippen molar-refractivity contribution >= 4 is 5.96 Å². The van der Waals surface area contributed by atoms with Crippen molar-refractivity contribution in [3.63, 3.8) is 0 Å². The molecule has 3 rings (SSSR count). The van der Waals surface area contributed by atoms with E-state index in [9.17, 15) is 5.11 Å².